The standard InChI is InChI=1S/C15H20BrN3O/c1-11(2)8-9-19(3)10-14-17-18-15(20-14)12-6-4-5-7-13(12)16/h4-7,11H,8-10H2,1-3H3. The molecule has 2 rings (SSSR count). The van der Waals surface area contributed by atoms with Crippen molar-refractivity contribution in [2.75, 3.05) is 13.6 Å². The molecular weight excluding hydrogens is 318 g/mol. The Balaban J connectivity index is 2.01. The lowest BCUT2D eigenvalue weighted by atomic mass is 10.1. The van der Waals surface area contributed by atoms with Gasteiger partial charge in [-0.15, -0.1) is 10.2 Å². The first-order chi connectivity index (χ1) is 9.56. The summed E-state index contributed by atoms with van der Waals surface area (Å²) in [5, 5.41) is 8.24. The molecule has 4 nitrogen and oxygen atoms in total. The van der Waals surface area contributed by atoms with Crippen molar-refractivity contribution in [2.24, 2.45) is 5.92 Å². The van der Waals surface area contributed by atoms with E-state index in [-0.39, 0.29) is 0 Å². The zero-order valence-electron chi connectivity index (χ0n) is 12.1. The Kier molecular flexibility index (Phi) is 5.31. The molecule has 0 radical (unpaired) electrons. The van der Waals surface area contributed by atoms with Gasteiger partial charge in [-0.1, -0.05) is 26.0 Å². The Bertz CT molecular complexity index is 554. The first-order valence-electron chi connectivity index (χ1n) is 6.82. The van der Waals surface area contributed by atoms with Gasteiger partial charge >= 0.3 is 0 Å². The average molecular weight is 338 g/mol. The summed E-state index contributed by atoms with van der Waals surface area (Å²) in [6.07, 6.45) is 1.17. The number of hydrogen-bond donors (Lipinski definition) is 0. The Morgan fingerprint density at radius 1 is 1.25 bits per heavy atom. The minimum Gasteiger partial charge on any atom is -0.419 e. The van der Waals surface area contributed by atoms with Crippen molar-refractivity contribution in [1.82, 2.24) is 15.1 Å². The van der Waals surface area contributed by atoms with Crippen molar-refractivity contribution in [3.63, 3.8) is 0 Å². The van der Waals surface area contributed by atoms with Crippen LogP contribution in [0.2, 0.25) is 0 Å². The molecule has 0 N–H and O–H groups in total. The van der Waals surface area contributed by atoms with Crippen LogP contribution in [0.25, 0.3) is 11.5 Å². The maximum Gasteiger partial charge on any atom is 0.248 e. The molecule has 20 heavy (non-hydrogen) atoms. The molecule has 0 unspecified atom stereocenters. The number of rotatable bonds is 6. The summed E-state index contributed by atoms with van der Waals surface area (Å²) in [5.74, 6) is 1.92. The lowest BCUT2D eigenvalue weighted by molar-refractivity contribution is 0.273. The van der Waals surface area contributed by atoms with Crippen LogP contribution in [-0.4, -0.2) is 28.7 Å². The summed E-state index contributed by atoms with van der Waals surface area (Å²) in [6.45, 7) is 6.17. The van der Waals surface area contributed by atoms with Crippen LogP contribution in [0.4, 0.5) is 0 Å². The van der Waals surface area contributed by atoms with Crippen LogP contribution in [0.3, 0.4) is 0 Å². The molecule has 1 aromatic heterocycles. The lowest BCUT2D eigenvalue weighted by Crippen LogP contribution is -2.20. The largest absolute Gasteiger partial charge is 0.419 e. The molecule has 2 aromatic rings. The molecule has 0 atom stereocenters. The van der Waals surface area contributed by atoms with Crippen LogP contribution in [0.5, 0.6) is 0 Å². The third-order valence-electron chi connectivity index (χ3n) is 3.06. The van der Waals surface area contributed by atoms with E-state index in [1.807, 2.05) is 24.3 Å². The maximum atomic E-state index is 5.73. The van der Waals surface area contributed by atoms with Gasteiger partial charge < -0.3 is 4.42 Å². The molecule has 0 aliphatic carbocycles. The van der Waals surface area contributed by atoms with Crippen molar-refractivity contribution in [1.29, 1.82) is 0 Å². The van der Waals surface area contributed by atoms with E-state index in [1.165, 1.54) is 6.42 Å². The molecule has 0 aliphatic heterocycles. The van der Waals surface area contributed by atoms with Crippen molar-refractivity contribution < 1.29 is 4.42 Å². The monoisotopic (exact) mass is 337 g/mol. The first kappa shape index (κ1) is 15.2. The van der Waals surface area contributed by atoms with Gasteiger partial charge in [-0.05, 0) is 54.0 Å². The van der Waals surface area contributed by atoms with Crippen LogP contribution >= 0.6 is 15.9 Å². The average Bonchev–Trinajstić information content (AvgIpc) is 2.85. The summed E-state index contributed by atoms with van der Waals surface area (Å²) >= 11 is 3.50. The molecule has 0 aliphatic rings. The fourth-order valence-corrected chi connectivity index (χ4v) is 2.30. The predicted octanol–water partition coefficient (Wildman–Crippen LogP) is 3.98. The lowest BCUT2D eigenvalue weighted by Gasteiger charge is -2.15. The van der Waals surface area contributed by atoms with Gasteiger partial charge in [0.1, 0.15) is 0 Å². The van der Waals surface area contributed by atoms with E-state index in [0.29, 0.717) is 24.2 Å². The van der Waals surface area contributed by atoms with Crippen LogP contribution in [0.15, 0.2) is 33.2 Å². The molecule has 0 fully saturated rings. The molecule has 1 heterocycles. The zero-order valence-corrected chi connectivity index (χ0v) is 13.7. The highest BCUT2D eigenvalue weighted by molar-refractivity contribution is 9.10. The highest BCUT2D eigenvalue weighted by atomic mass is 79.9. The predicted molar refractivity (Wildman–Crippen MR) is 83.2 cm³/mol. The van der Waals surface area contributed by atoms with Crippen LogP contribution in [0, 0.1) is 5.92 Å². The quantitative estimate of drug-likeness (QED) is 0.799. The summed E-state index contributed by atoms with van der Waals surface area (Å²) in [6, 6.07) is 7.85. The molecule has 0 saturated carbocycles. The highest BCUT2D eigenvalue weighted by Gasteiger charge is 2.12. The molecule has 0 amide bonds. The molecule has 1 aromatic carbocycles. The minimum atomic E-state index is 0.560. The number of nitrogens with zero attached hydrogens (tertiary/aromatic N) is 3. The van der Waals surface area contributed by atoms with Gasteiger partial charge in [-0.3, -0.25) is 4.90 Å². The number of hydrogen-bond acceptors (Lipinski definition) is 4. The van der Waals surface area contributed by atoms with Gasteiger partial charge in [0.05, 0.1) is 12.1 Å². The second-order valence-corrected chi connectivity index (χ2v) is 6.26. The number of benzene rings is 1. The van der Waals surface area contributed by atoms with E-state index >= 15 is 0 Å². The van der Waals surface area contributed by atoms with E-state index < -0.39 is 0 Å². The Morgan fingerprint density at radius 2 is 2.00 bits per heavy atom. The zero-order chi connectivity index (χ0) is 14.5. The summed E-state index contributed by atoms with van der Waals surface area (Å²) in [5.41, 5.74) is 0.927. The van der Waals surface area contributed by atoms with Gasteiger partial charge in [-0.2, -0.15) is 0 Å². The van der Waals surface area contributed by atoms with E-state index in [1.54, 1.807) is 0 Å². The highest BCUT2D eigenvalue weighted by Crippen LogP contribution is 2.26. The summed E-state index contributed by atoms with van der Waals surface area (Å²) in [7, 11) is 2.07. The van der Waals surface area contributed by atoms with Gasteiger partial charge in [0.15, 0.2) is 0 Å². The van der Waals surface area contributed by atoms with Gasteiger partial charge in [0, 0.05) is 4.47 Å². The minimum absolute atomic E-state index is 0.560. The van der Waals surface area contributed by atoms with Crippen LogP contribution in [-0.2, 0) is 6.54 Å². The second kappa shape index (κ2) is 6.99. The van der Waals surface area contributed by atoms with Crippen LogP contribution in [0.1, 0.15) is 26.2 Å². The third kappa shape index (κ3) is 4.15. The van der Waals surface area contributed by atoms with E-state index in [9.17, 15) is 0 Å². The third-order valence-corrected chi connectivity index (χ3v) is 3.76. The fraction of sp³-hybridized carbons (Fsp3) is 0.467. The molecule has 0 saturated heterocycles. The van der Waals surface area contributed by atoms with Crippen molar-refractivity contribution in [3.05, 3.63) is 34.6 Å². The van der Waals surface area contributed by atoms with E-state index in [0.717, 1.165) is 16.6 Å². The molecule has 0 bridgehead atoms. The first-order valence-corrected chi connectivity index (χ1v) is 7.61. The molecular formula is C15H20BrN3O. The smallest absolute Gasteiger partial charge is 0.248 e. The number of aromatic nitrogens is 2. The summed E-state index contributed by atoms with van der Waals surface area (Å²) in [4.78, 5) is 2.21. The second-order valence-electron chi connectivity index (χ2n) is 5.40. The van der Waals surface area contributed by atoms with Crippen molar-refractivity contribution in [3.8, 4) is 11.5 Å². The Labute approximate surface area is 128 Å². The van der Waals surface area contributed by atoms with E-state index in [2.05, 4.69) is 51.9 Å². The van der Waals surface area contributed by atoms with Crippen LogP contribution < -0.4 is 0 Å². The van der Waals surface area contributed by atoms with E-state index in [4.69, 9.17) is 4.42 Å². The maximum absolute atomic E-state index is 5.73. The topological polar surface area (TPSA) is 42.2 Å². The Hall–Kier alpha value is -1.20. The SMILES string of the molecule is CC(C)CCN(C)Cc1nnc(-c2ccccc2Br)o1. The normalized spacial score (nSPS) is 11.5. The molecule has 0 spiro atoms. The van der Waals surface area contributed by atoms with Gasteiger partial charge in [0.2, 0.25) is 11.8 Å². The summed E-state index contributed by atoms with van der Waals surface area (Å²) < 4.78 is 6.70. The molecule has 5 heteroatoms. The van der Waals surface area contributed by atoms with Crippen molar-refractivity contribution in [2.45, 2.75) is 26.8 Å². The fourth-order valence-electron chi connectivity index (χ4n) is 1.85. The van der Waals surface area contributed by atoms with Crippen molar-refractivity contribution >= 4 is 15.9 Å². The van der Waals surface area contributed by atoms with Gasteiger partial charge in [-0.25, -0.2) is 0 Å². The number of halogens is 1. The Morgan fingerprint density at radius 3 is 2.70 bits per heavy atom. The van der Waals surface area contributed by atoms with Gasteiger partial charge in [0.25, 0.3) is 0 Å². The molecule has 108 valence electrons.